The number of fused-ring (bicyclic) bond motifs is 5. The van der Waals surface area contributed by atoms with Gasteiger partial charge >= 0.3 is 0 Å². The van der Waals surface area contributed by atoms with E-state index in [2.05, 4.69) is 24.3 Å². The van der Waals surface area contributed by atoms with Crippen LogP contribution in [0.2, 0.25) is 0 Å². The van der Waals surface area contributed by atoms with Gasteiger partial charge in [0.15, 0.2) is 0 Å². The van der Waals surface area contributed by atoms with E-state index < -0.39 is 0 Å². The Kier molecular flexibility index (Phi) is 2.08. The summed E-state index contributed by atoms with van der Waals surface area (Å²) >= 11 is 0. The first-order valence-corrected chi connectivity index (χ1v) is 5.67. The van der Waals surface area contributed by atoms with Crippen LogP contribution in [0.25, 0.3) is 0 Å². The van der Waals surface area contributed by atoms with Gasteiger partial charge in [-0.05, 0) is 41.2 Å². The molecule has 2 heteroatoms. The molecular formula is C13H16O2. The zero-order chi connectivity index (χ0) is 10.4. The second-order valence-corrected chi connectivity index (χ2v) is 4.77. The lowest BCUT2D eigenvalue weighted by Gasteiger charge is -2.30. The van der Waals surface area contributed by atoms with Gasteiger partial charge in [-0.1, -0.05) is 24.3 Å². The molecule has 0 radical (unpaired) electrons. The molecular weight excluding hydrogens is 188 g/mol. The average molecular weight is 204 g/mol. The molecule has 0 heterocycles. The van der Waals surface area contributed by atoms with Gasteiger partial charge in [-0.3, -0.25) is 0 Å². The van der Waals surface area contributed by atoms with E-state index in [-0.39, 0.29) is 25.0 Å². The molecule has 0 aliphatic heterocycles. The highest BCUT2D eigenvalue weighted by Gasteiger charge is 2.49. The minimum atomic E-state index is 0.209. The zero-order valence-electron chi connectivity index (χ0n) is 8.63. The molecule has 4 atom stereocenters. The standard InChI is InChI=1S/C13H16O2/c14-6-12-10-5-11(13(12)7-15)9-4-2-1-3-8(9)10/h1-4,10-15H,5-7H2/t10-,11+,12-,13-/m1/s1. The fraction of sp³-hybridized carbons (Fsp3) is 0.538. The Labute approximate surface area is 89.6 Å². The van der Waals surface area contributed by atoms with Crippen LogP contribution in [0, 0.1) is 11.8 Å². The molecule has 1 aromatic rings. The van der Waals surface area contributed by atoms with Crippen molar-refractivity contribution in [3.63, 3.8) is 0 Å². The monoisotopic (exact) mass is 204 g/mol. The number of rotatable bonds is 2. The molecule has 0 amide bonds. The summed E-state index contributed by atoms with van der Waals surface area (Å²) in [6, 6.07) is 8.50. The maximum absolute atomic E-state index is 9.40. The van der Waals surface area contributed by atoms with Gasteiger partial charge in [0.1, 0.15) is 0 Å². The van der Waals surface area contributed by atoms with Crippen molar-refractivity contribution in [2.24, 2.45) is 11.8 Å². The summed E-state index contributed by atoms with van der Waals surface area (Å²) < 4.78 is 0. The Hall–Kier alpha value is -0.860. The molecule has 1 saturated carbocycles. The highest BCUT2D eigenvalue weighted by atomic mass is 16.3. The summed E-state index contributed by atoms with van der Waals surface area (Å²) in [7, 11) is 0. The molecule has 0 spiro atoms. The van der Waals surface area contributed by atoms with E-state index in [4.69, 9.17) is 0 Å². The van der Waals surface area contributed by atoms with Crippen molar-refractivity contribution < 1.29 is 10.2 Å². The van der Waals surface area contributed by atoms with Gasteiger partial charge in [0.25, 0.3) is 0 Å². The van der Waals surface area contributed by atoms with Crippen LogP contribution in [0.4, 0.5) is 0 Å². The Morgan fingerprint density at radius 2 is 1.40 bits per heavy atom. The van der Waals surface area contributed by atoms with Crippen molar-refractivity contribution in [2.75, 3.05) is 13.2 Å². The summed E-state index contributed by atoms with van der Waals surface area (Å²) in [5.74, 6) is 1.51. The van der Waals surface area contributed by atoms with Crippen molar-refractivity contribution >= 4 is 0 Å². The molecule has 0 unspecified atom stereocenters. The maximum Gasteiger partial charge on any atom is 0.0468 e. The molecule has 2 bridgehead atoms. The predicted octanol–water partition coefficient (Wildman–Crippen LogP) is 1.49. The Balaban J connectivity index is 2.05. The number of aliphatic hydroxyl groups excluding tert-OH is 2. The van der Waals surface area contributed by atoms with Crippen LogP contribution >= 0.6 is 0 Å². The minimum absolute atomic E-state index is 0.209. The Morgan fingerprint density at radius 3 is 1.80 bits per heavy atom. The van der Waals surface area contributed by atoms with Crippen LogP contribution in [-0.2, 0) is 0 Å². The fourth-order valence-corrected chi connectivity index (χ4v) is 3.65. The number of benzene rings is 1. The molecule has 15 heavy (non-hydrogen) atoms. The molecule has 1 aromatic carbocycles. The average Bonchev–Trinajstić information content (AvgIpc) is 2.84. The first-order chi connectivity index (χ1) is 7.36. The largest absolute Gasteiger partial charge is 0.396 e. The smallest absolute Gasteiger partial charge is 0.0468 e. The van der Waals surface area contributed by atoms with Crippen LogP contribution in [0.5, 0.6) is 0 Å². The first kappa shape index (κ1) is 9.37. The van der Waals surface area contributed by atoms with Crippen LogP contribution in [0.1, 0.15) is 29.4 Å². The van der Waals surface area contributed by atoms with Gasteiger partial charge < -0.3 is 10.2 Å². The molecule has 2 N–H and O–H groups in total. The second-order valence-electron chi connectivity index (χ2n) is 4.77. The molecule has 2 aliphatic carbocycles. The number of hydrogen-bond acceptors (Lipinski definition) is 2. The third-order valence-electron chi connectivity index (χ3n) is 4.31. The van der Waals surface area contributed by atoms with Crippen LogP contribution in [0.15, 0.2) is 24.3 Å². The summed E-state index contributed by atoms with van der Waals surface area (Å²) in [4.78, 5) is 0. The van der Waals surface area contributed by atoms with Crippen molar-refractivity contribution in [1.29, 1.82) is 0 Å². The number of aliphatic hydroxyl groups is 2. The Morgan fingerprint density at radius 1 is 0.933 bits per heavy atom. The molecule has 1 fully saturated rings. The third-order valence-corrected chi connectivity index (χ3v) is 4.31. The van der Waals surface area contributed by atoms with E-state index in [9.17, 15) is 10.2 Å². The van der Waals surface area contributed by atoms with Gasteiger partial charge in [-0.15, -0.1) is 0 Å². The summed E-state index contributed by atoms with van der Waals surface area (Å²) in [5, 5.41) is 18.8. The van der Waals surface area contributed by atoms with Gasteiger partial charge in [0, 0.05) is 13.2 Å². The van der Waals surface area contributed by atoms with E-state index >= 15 is 0 Å². The van der Waals surface area contributed by atoms with E-state index in [1.807, 2.05) is 0 Å². The quantitative estimate of drug-likeness (QED) is 0.766. The van der Waals surface area contributed by atoms with Gasteiger partial charge in [0.2, 0.25) is 0 Å². The molecule has 2 nitrogen and oxygen atoms in total. The number of hydrogen-bond donors (Lipinski definition) is 2. The summed E-state index contributed by atoms with van der Waals surface area (Å²) in [6.07, 6.45) is 1.12. The van der Waals surface area contributed by atoms with Crippen molar-refractivity contribution in [3.05, 3.63) is 35.4 Å². The van der Waals surface area contributed by atoms with Gasteiger partial charge in [0.05, 0.1) is 0 Å². The van der Waals surface area contributed by atoms with Gasteiger partial charge in [-0.2, -0.15) is 0 Å². The van der Waals surface area contributed by atoms with Crippen LogP contribution < -0.4 is 0 Å². The summed E-state index contributed by atoms with van der Waals surface area (Å²) in [6.45, 7) is 0.418. The lowest BCUT2D eigenvalue weighted by atomic mass is 9.76. The Bertz CT molecular complexity index is 340. The molecule has 0 aromatic heterocycles. The lowest BCUT2D eigenvalue weighted by Crippen LogP contribution is -2.27. The normalized spacial score (nSPS) is 36.9. The minimum Gasteiger partial charge on any atom is -0.396 e. The van der Waals surface area contributed by atoms with Crippen molar-refractivity contribution in [3.8, 4) is 0 Å². The topological polar surface area (TPSA) is 40.5 Å². The predicted molar refractivity (Wildman–Crippen MR) is 57.7 cm³/mol. The molecule has 80 valence electrons. The van der Waals surface area contributed by atoms with E-state index in [1.165, 1.54) is 11.1 Å². The first-order valence-electron chi connectivity index (χ1n) is 5.67. The highest BCUT2D eigenvalue weighted by Crippen LogP contribution is 2.58. The van der Waals surface area contributed by atoms with Crippen molar-refractivity contribution in [1.82, 2.24) is 0 Å². The van der Waals surface area contributed by atoms with E-state index in [1.54, 1.807) is 0 Å². The van der Waals surface area contributed by atoms with Crippen molar-refractivity contribution in [2.45, 2.75) is 18.3 Å². The van der Waals surface area contributed by atoms with Crippen LogP contribution in [-0.4, -0.2) is 23.4 Å². The van der Waals surface area contributed by atoms with E-state index in [0.29, 0.717) is 11.8 Å². The molecule has 0 saturated heterocycles. The fourth-order valence-electron chi connectivity index (χ4n) is 3.65. The molecule has 2 aliphatic rings. The zero-order valence-corrected chi connectivity index (χ0v) is 8.63. The van der Waals surface area contributed by atoms with Gasteiger partial charge in [-0.25, -0.2) is 0 Å². The lowest BCUT2D eigenvalue weighted by molar-refractivity contribution is 0.120. The third kappa shape index (κ3) is 1.12. The van der Waals surface area contributed by atoms with E-state index in [0.717, 1.165) is 6.42 Å². The molecule has 3 rings (SSSR count). The maximum atomic E-state index is 9.40. The summed E-state index contributed by atoms with van der Waals surface area (Å²) in [5.41, 5.74) is 2.82. The second kappa shape index (κ2) is 3.32. The SMILES string of the molecule is OC[C@H]1[C@H](CO)[C@H]2C[C@@H]1c1ccccc12. The highest BCUT2D eigenvalue weighted by molar-refractivity contribution is 5.43. The van der Waals surface area contributed by atoms with Crippen LogP contribution in [0.3, 0.4) is 0 Å².